The minimum absolute atomic E-state index is 0. The van der Waals surface area contributed by atoms with Crippen LogP contribution in [0.2, 0.25) is 0 Å². The van der Waals surface area contributed by atoms with Gasteiger partial charge in [0.1, 0.15) is 0 Å². The van der Waals surface area contributed by atoms with Crippen LogP contribution in [0.5, 0.6) is 0 Å². The van der Waals surface area contributed by atoms with E-state index >= 15 is 0 Å². The van der Waals surface area contributed by atoms with E-state index in [1.807, 2.05) is 7.05 Å². The standard InChI is InChI=1S/C20H30N4O.HI/c1-21-19(24-11-7-20(15-24)8-13-25-16-20)22-9-12-23-10-6-17-4-2-3-5-18(17)14-23;/h2-5H,6-16H2,1H3,(H,21,22);1H. The van der Waals surface area contributed by atoms with Gasteiger partial charge in [-0.15, -0.1) is 24.0 Å². The molecule has 0 bridgehead atoms. The summed E-state index contributed by atoms with van der Waals surface area (Å²) in [6, 6.07) is 8.83. The summed E-state index contributed by atoms with van der Waals surface area (Å²) in [6.07, 6.45) is 3.60. The first kappa shape index (κ1) is 19.9. The maximum atomic E-state index is 5.64. The third-order valence-electron chi connectivity index (χ3n) is 6.06. The van der Waals surface area contributed by atoms with Gasteiger partial charge in [-0.05, 0) is 30.4 Å². The van der Waals surface area contributed by atoms with Crippen molar-refractivity contribution in [2.45, 2.75) is 25.8 Å². The van der Waals surface area contributed by atoms with Gasteiger partial charge in [0.25, 0.3) is 0 Å². The summed E-state index contributed by atoms with van der Waals surface area (Å²) in [5, 5.41) is 3.58. The topological polar surface area (TPSA) is 40.1 Å². The van der Waals surface area contributed by atoms with Crippen LogP contribution in [0.1, 0.15) is 24.0 Å². The van der Waals surface area contributed by atoms with E-state index < -0.39 is 0 Å². The Bertz CT molecular complexity index is 630. The molecule has 0 aliphatic carbocycles. The quantitative estimate of drug-likeness (QED) is 0.419. The smallest absolute Gasteiger partial charge is 0.193 e. The highest BCUT2D eigenvalue weighted by atomic mass is 127. The number of rotatable bonds is 3. The van der Waals surface area contributed by atoms with E-state index in [1.165, 1.54) is 30.4 Å². The van der Waals surface area contributed by atoms with Crippen LogP contribution < -0.4 is 5.32 Å². The third kappa shape index (κ3) is 4.34. The molecule has 1 aromatic carbocycles. The van der Waals surface area contributed by atoms with Gasteiger partial charge < -0.3 is 15.0 Å². The monoisotopic (exact) mass is 470 g/mol. The van der Waals surface area contributed by atoms with Crippen molar-refractivity contribution >= 4 is 29.9 Å². The lowest BCUT2D eigenvalue weighted by Crippen LogP contribution is -2.44. The van der Waals surface area contributed by atoms with Gasteiger partial charge in [-0.2, -0.15) is 0 Å². The fraction of sp³-hybridized carbons (Fsp3) is 0.650. The van der Waals surface area contributed by atoms with Crippen LogP contribution in [-0.4, -0.2) is 68.7 Å². The highest BCUT2D eigenvalue weighted by molar-refractivity contribution is 14.0. The number of hydrogen-bond donors (Lipinski definition) is 1. The van der Waals surface area contributed by atoms with Gasteiger partial charge in [-0.25, -0.2) is 0 Å². The molecule has 3 aliphatic rings. The van der Waals surface area contributed by atoms with E-state index in [0.29, 0.717) is 5.41 Å². The predicted molar refractivity (Wildman–Crippen MR) is 116 cm³/mol. The van der Waals surface area contributed by atoms with Crippen molar-refractivity contribution in [1.29, 1.82) is 0 Å². The lowest BCUT2D eigenvalue weighted by atomic mass is 9.87. The van der Waals surface area contributed by atoms with Crippen molar-refractivity contribution in [2.24, 2.45) is 10.4 Å². The van der Waals surface area contributed by atoms with Crippen molar-refractivity contribution in [1.82, 2.24) is 15.1 Å². The van der Waals surface area contributed by atoms with Crippen molar-refractivity contribution in [2.75, 3.05) is 53.0 Å². The first-order valence-electron chi connectivity index (χ1n) is 9.61. The summed E-state index contributed by atoms with van der Waals surface area (Å²) in [5.74, 6) is 1.06. The van der Waals surface area contributed by atoms with Crippen LogP contribution in [0.3, 0.4) is 0 Å². The molecule has 0 aromatic heterocycles. The van der Waals surface area contributed by atoms with Gasteiger partial charge in [-0.1, -0.05) is 24.3 Å². The second kappa shape index (κ2) is 8.89. The molecule has 3 heterocycles. The number of benzene rings is 1. The van der Waals surface area contributed by atoms with Crippen molar-refractivity contribution in [3.05, 3.63) is 35.4 Å². The molecule has 6 heteroatoms. The number of nitrogens with one attached hydrogen (secondary N) is 1. The Labute approximate surface area is 174 Å². The fourth-order valence-electron chi connectivity index (χ4n) is 4.49. The zero-order valence-electron chi connectivity index (χ0n) is 15.7. The molecule has 0 radical (unpaired) electrons. The molecule has 2 saturated heterocycles. The molecule has 5 nitrogen and oxygen atoms in total. The van der Waals surface area contributed by atoms with E-state index in [-0.39, 0.29) is 24.0 Å². The SMILES string of the molecule is CN=C(NCCN1CCc2ccccc2C1)N1CCC2(CCOC2)C1.I. The molecule has 1 N–H and O–H groups in total. The van der Waals surface area contributed by atoms with Gasteiger partial charge in [0.15, 0.2) is 5.96 Å². The van der Waals surface area contributed by atoms with Crippen LogP contribution >= 0.6 is 24.0 Å². The second-order valence-electron chi connectivity index (χ2n) is 7.74. The van der Waals surface area contributed by atoms with E-state index in [9.17, 15) is 0 Å². The maximum Gasteiger partial charge on any atom is 0.193 e. The number of ether oxygens (including phenoxy) is 1. The fourth-order valence-corrected chi connectivity index (χ4v) is 4.49. The lowest BCUT2D eigenvalue weighted by molar-refractivity contribution is 0.156. The summed E-state index contributed by atoms with van der Waals surface area (Å²) in [6.45, 7) is 8.28. The Kier molecular flexibility index (Phi) is 6.80. The molecule has 3 aliphatic heterocycles. The van der Waals surface area contributed by atoms with Crippen LogP contribution in [0.25, 0.3) is 0 Å². The van der Waals surface area contributed by atoms with Crippen LogP contribution in [0.4, 0.5) is 0 Å². The van der Waals surface area contributed by atoms with Crippen molar-refractivity contribution in [3.8, 4) is 0 Å². The zero-order valence-corrected chi connectivity index (χ0v) is 18.1. The molecule has 144 valence electrons. The summed E-state index contributed by atoms with van der Waals surface area (Å²) in [5.41, 5.74) is 3.39. The predicted octanol–water partition coefficient (Wildman–Crippen LogP) is 2.35. The maximum absolute atomic E-state index is 5.64. The van der Waals surface area contributed by atoms with E-state index in [2.05, 4.69) is 44.4 Å². The molecule has 1 atom stereocenters. The summed E-state index contributed by atoms with van der Waals surface area (Å²) in [4.78, 5) is 9.47. The summed E-state index contributed by atoms with van der Waals surface area (Å²) < 4.78 is 5.64. The lowest BCUT2D eigenvalue weighted by Gasteiger charge is -2.30. The molecule has 26 heavy (non-hydrogen) atoms. The number of guanidine groups is 1. The van der Waals surface area contributed by atoms with Gasteiger partial charge >= 0.3 is 0 Å². The average molecular weight is 470 g/mol. The van der Waals surface area contributed by atoms with Gasteiger partial charge in [-0.3, -0.25) is 9.89 Å². The summed E-state index contributed by atoms with van der Waals surface area (Å²) >= 11 is 0. The molecule has 1 aromatic rings. The van der Waals surface area contributed by atoms with Gasteiger partial charge in [0.05, 0.1) is 6.61 Å². The first-order valence-corrected chi connectivity index (χ1v) is 9.61. The Balaban J connectivity index is 0.00000196. The number of aliphatic imine (C=N–C) groups is 1. The van der Waals surface area contributed by atoms with Crippen molar-refractivity contribution in [3.63, 3.8) is 0 Å². The molecule has 1 spiro atoms. The number of nitrogens with zero attached hydrogens (tertiary/aromatic N) is 3. The third-order valence-corrected chi connectivity index (χ3v) is 6.06. The van der Waals surface area contributed by atoms with Crippen molar-refractivity contribution < 1.29 is 4.74 Å². The summed E-state index contributed by atoms with van der Waals surface area (Å²) in [7, 11) is 1.90. The Hall–Kier alpha value is -0.860. The normalized spacial score (nSPS) is 26.0. The molecule has 2 fully saturated rings. The molecule has 4 rings (SSSR count). The largest absolute Gasteiger partial charge is 0.381 e. The number of hydrogen-bond acceptors (Lipinski definition) is 3. The number of halogens is 1. The van der Waals surface area contributed by atoms with Gasteiger partial charge in [0.2, 0.25) is 0 Å². The molecule has 0 saturated carbocycles. The van der Waals surface area contributed by atoms with E-state index in [4.69, 9.17) is 4.74 Å². The Morgan fingerprint density at radius 1 is 1.23 bits per heavy atom. The average Bonchev–Trinajstić information content (AvgIpc) is 3.29. The Morgan fingerprint density at radius 3 is 2.85 bits per heavy atom. The number of fused-ring (bicyclic) bond motifs is 1. The van der Waals surface area contributed by atoms with Crippen LogP contribution in [0.15, 0.2) is 29.3 Å². The van der Waals surface area contributed by atoms with Gasteiger partial charge in [0, 0.05) is 58.3 Å². The zero-order chi connectivity index (χ0) is 17.1. The Morgan fingerprint density at radius 2 is 2.08 bits per heavy atom. The molecular formula is C20H31IN4O. The minimum Gasteiger partial charge on any atom is -0.381 e. The van der Waals surface area contributed by atoms with Crippen LogP contribution in [-0.2, 0) is 17.7 Å². The molecule has 1 unspecified atom stereocenters. The molecular weight excluding hydrogens is 439 g/mol. The highest BCUT2D eigenvalue weighted by Crippen LogP contribution is 2.38. The minimum atomic E-state index is 0. The van der Waals surface area contributed by atoms with E-state index in [1.54, 1.807) is 0 Å². The second-order valence-corrected chi connectivity index (χ2v) is 7.74. The van der Waals surface area contributed by atoms with Crippen LogP contribution in [0, 0.1) is 5.41 Å². The first-order chi connectivity index (χ1) is 12.3. The number of likely N-dealkylation sites (tertiary alicyclic amines) is 1. The molecule has 0 amide bonds. The highest BCUT2D eigenvalue weighted by Gasteiger charge is 2.42. The van der Waals surface area contributed by atoms with E-state index in [0.717, 1.165) is 58.4 Å².